The average Bonchev–Trinajstić information content (AvgIpc) is 3.25. The maximum absolute atomic E-state index is 12.3. The number of aromatic nitrogens is 2. The van der Waals surface area contributed by atoms with Gasteiger partial charge in [-0.2, -0.15) is 5.10 Å². The molecule has 2 aliphatic rings. The fourth-order valence-electron chi connectivity index (χ4n) is 3.79. The number of hydrogen-bond acceptors (Lipinski definition) is 5. The Morgan fingerprint density at radius 3 is 2.74 bits per heavy atom. The van der Waals surface area contributed by atoms with Crippen molar-refractivity contribution >= 4 is 11.8 Å². The Kier molecular flexibility index (Phi) is 6.16. The molecule has 3 heterocycles. The zero-order valence-corrected chi connectivity index (χ0v) is 16.9. The van der Waals surface area contributed by atoms with Crippen molar-refractivity contribution in [2.24, 2.45) is 5.92 Å². The number of fused-ring (bicyclic) bond motifs is 1. The molecule has 2 aliphatic heterocycles. The first-order valence-electron chi connectivity index (χ1n) is 9.83. The highest BCUT2D eigenvalue weighted by atomic mass is 16.2. The molecule has 0 saturated carbocycles. The van der Waals surface area contributed by atoms with Crippen LogP contribution in [0.25, 0.3) is 0 Å². The lowest BCUT2D eigenvalue weighted by atomic mass is 10.1. The van der Waals surface area contributed by atoms with Crippen molar-refractivity contribution in [2.75, 3.05) is 40.3 Å². The number of rotatable bonds is 6. The third-order valence-electron chi connectivity index (χ3n) is 5.47. The smallest absolute Gasteiger partial charge is 0.234 e. The second-order valence-corrected chi connectivity index (χ2v) is 8.18. The van der Waals surface area contributed by atoms with E-state index in [4.69, 9.17) is 0 Å². The molecule has 1 atom stereocenters. The van der Waals surface area contributed by atoms with Gasteiger partial charge >= 0.3 is 0 Å². The molecule has 150 valence electrons. The number of amides is 2. The van der Waals surface area contributed by atoms with Gasteiger partial charge in [-0.3, -0.25) is 19.2 Å². The molecule has 1 N–H and O–H groups in total. The molecular formula is C19H32N6O2. The van der Waals surface area contributed by atoms with Crippen LogP contribution in [-0.4, -0.2) is 82.6 Å². The van der Waals surface area contributed by atoms with Crippen LogP contribution in [0.3, 0.4) is 0 Å². The molecule has 0 aliphatic carbocycles. The van der Waals surface area contributed by atoms with E-state index in [-0.39, 0.29) is 17.7 Å². The molecule has 8 heteroatoms. The van der Waals surface area contributed by atoms with Crippen molar-refractivity contribution in [3.8, 4) is 0 Å². The lowest BCUT2D eigenvalue weighted by Crippen LogP contribution is -2.40. The number of likely N-dealkylation sites (tertiary alicyclic amines) is 1. The minimum absolute atomic E-state index is 0.0101. The lowest BCUT2D eigenvalue weighted by molar-refractivity contribution is -0.136. The summed E-state index contributed by atoms with van der Waals surface area (Å²) < 4.78 is 1.95. The minimum Gasteiger partial charge on any atom is -0.349 e. The summed E-state index contributed by atoms with van der Waals surface area (Å²) in [7, 11) is 4.18. The van der Waals surface area contributed by atoms with Crippen molar-refractivity contribution in [1.29, 1.82) is 0 Å². The van der Waals surface area contributed by atoms with Crippen LogP contribution in [-0.2, 0) is 29.2 Å². The number of likely N-dealkylation sites (N-methyl/N-ethyl adjacent to an activating group) is 1. The van der Waals surface area contributed by atoms with Crippen LogP contribution in [0, 0.1) is 5.92 Å². The number of carbonyl (C=O) groups excluding carboxylic acids is 2. The van der Waals surface area contributed by atoms with Gasteiger partial charge in [0.2, 0.25) is 11.8 Å². The number of carbonyl (C=O) groups is 2. The van der Waals surface area contributed by atoms with E-state index in [2.05, 4.69) is 34.3 Å². The Hall–Kier alpha value is -1.93. The molecule has 27 heavy (non-hydrogen) atoms. The number of nitrogens with zero attached hydrogens (tertiary/aromatic N) is 5. The zero-order chi connectivity index (χ0) is 19.6. The van der Waals surface area contributed by atoms with Gasteiger partial charge in [0.1, 0.15) is 0 Å². The molecule has 3 rings (SSSR count). The third kappa shape index (κ3) is 4.87. The molecule has 1 aromatic heterocycles. The van der Waals surface area contributed by atoms with Crippen molar-refractivity contribution in [2.45, 2.75) is 45.9 Å². The van der Waals surface area contributed by atoms with E-state index < -0.39 is 0 Å². The van der Waals surface area contributed by atoms with E-state index in [1.54, 1.807) is 0 Å². The van der Waals surface area contributed by atoms with Crippen LogP contribution >= 0.6 is 0 Å². The summed E-state index contributed by atoms with van der Waals surface area (Å²) in [4.78, 5) is 30.8. The number of hydrogen-bond donors (Lipinski definition) is 1. The van der Waals surface area contributed by atoms with Gasteiger partial charge in [0.15, 0.2) is 0 Å². The topological polar surface area (TPSA) is 73.7 Å². The van der Waals surface area contributed by atoms with E-state index in [1.165, 1.54) is 0 Å². The predicted molar refractivity (Wildman–Crippen MR) is 103 cm³/mol. The predicted octanol–water partition coefficient (Wildman–Crippen LogP) is 0.133. The largest absolute Gasteiger partial charge is 0.349 e. The van der Waals surface area contributed by atoms with Crippen molar-refractivity contribution in [1.82, 2.24) is 29.8 Å². The van der Waals surface area contributed by atoms with Crippen LogP contribution < -0.4 is 5.32 Å². The van der Waals surface area contributed by atoms with Crippen LogP contribution in [0.15, 0.2) is 6.07 Å². The first kappa shape index (κ1) is 19.8. The van der Waals surface area contributed by atoms with Crippen LogP contribution in [0.1, 0.15) is 31.7 Å². The summed E-state index contributed by atoms with van der Waals surface area (Å²) in [6, 6.07) is 2.53. The van der Waals surface area contributed by atoms with Gasteiger partial charge in [0.25, 0.3) is 0 Å². The summed E-state index contributed by atoms with van der Waals surface area (Å²) in [5, 5.41) is 7.55. The second kappa shape index (κ2) is 8.39. The van der Waals surface area contributed by atoms with E-state index in [0.717, 1.165) is 30.9 Å². The van der Waals surface area contributed by atoms with Crippen molar-refractivity contribution in [3.05, 3.63) is 17.5 Å². The Labute approximate surface area is 161 Å². The van der Waals surface area contributed by atoms with Crippen molar-refractivity contribution < 1.29 is 9.59 Å². The average molecular weight is 377 g/mol. The van der Waals surface area contributed by atoms with E-state index >= 15 is 0 Å². The third-order valence-corrected chi connectivity index (χ3v) is 5.47. The normalized spacial score (nSPS) is 20.4. The van der Waals surface area contributed by atoms with Gasteiger partial charge in [-0.05, 0) is 26.6 Å². The van der Waals surface area contributed by atoms with Crippen molar-refractivity contribution in [3.63, 3.8) is 0 Å². The molecule has 8 nitrogen and oxygen atoms in total. The zero-order valence-electron chi connectivity index (χ0n) is 16.9. The second-order valence-electron chi connectivity index (χ2n) is 8.18. The van der Waals surface area contributed by atoms with Crippen LogP contribution in [0.4, 0.5) is 0 Å². The molecule has 2 amide bonds. The van der Waals surface area contributed by atoms with E-state index in [0.29, 0.717) is 38.8 Å². The maximum atomic E-state index is 12.3. The maximum Gasteiger partial charge on any atom is 0.234 e. The standard InChI is InChI=1S/C19H32N6O2/c1-14(2)19(27)24-7-8-25-17(12-24)9-15(21-25)10-20-18(26)13-23-6-5-16(11-23)22(3)4/h9,14,16H,5-8,10-13H2,1-4H3,(H,20,26). The fourth-order valence-corrected chi connectivity index (χ4v) is 3.79. The first-order valence-corrected chi connectivity index (χ1v) is 9.83. The highest BCUT2D eigenvalue weighted by Crippen LogP contribution is 2.16. The SMILES string of the molecule is CC(C)C(=O)N1CCn2nc(CNC(=O)CN3CCC(N(C)C)C3)cc2C1. The summed E-state index contributed by atoms with van der Waals surface area (Å²) >= 11 is 0. The summed E-state index contributed by atoms with van der Waals surface area (Å²) in [6.07, 6.45) is 1.11. The van der Waals surface area contributed by atoms with Gasteiger partial charge in [0.05, 0.1) is 37.6 Å². The number of nitrogens with one attached hydrogen (secondary N) is 1. The van der Waals surface area contributed by atoms with E-state index in [9.17, 15) is 9.59 Å². The van der Waals surface area contributed by atoms with Gasteiger partial charge in [-0.1, -0.05) is 13.8 Å². The highest BCUT2D eigenvalue weighted by Gasteiger charge is 2.26. The minimum atomic E-state index is 0.0101. The molecule has 0 radical (unpaired) electrons. The van der Waals surface area contributed by atoms with Crippen LogP contribution in [0.2, 0.25) is 0 Å². The monoisotopic (exact) mass is 376 g/mol. The Morgan fingerprint density at radius 1 is 1.30 bits per heavy atom. The highest BCUT2D eigenvalue weighted by molar-refractivity contribution is 5.78. The molecule has 1 unspecified atom stereocenters. The van der Waals surface area contributed by atoms with Crippen LogP contribution in [0.5, 0.6) is 0 Å². The molecule has 1 aromatic rings. The van der Waals surface area contributed by atoms with Gasteiger partial charge in [0, 0.05) is 31.6 Å². The molecular weight excluding hydrogens is 344 g/mol. The molecule has 0 bridgehead atoms. The molecule has 0 aromatic carbocycles. The fraction of sp³-hybridized carbons (Fsp3) is 0.737. The quantitative estimate of drug-likeness (QED) is 0.764. The summed E-state index contributed by atoms with van der Waals surface area (Å²) in [5.41, 5.74) is 1.89. The Morgan fingerprint density at radius 2 is 2.07 bits per heavy atom. The summed E-state index contributed by atoms with van der Waals surface area (Å²) in [5.74, 6) is 0.229. The van der Waals surface area contributed by atoms with Gasteiger partial charge in [-0.15, -0.1) is 0 Å². The molecule has 1 saturated heterocycles. The first-order chi connectivity index (χ1) is 12.8. The van der Waals surface area contributed by atoms with Gasteiger partial charge in [-0.25, -0.2) is 0 Å². The summed E-state index contributed by atoms with van der Waals surface area (Å²) in [6.45, 7) is 8.63. The lowest BCUT2D eigenvalue weighted by Gasteiger charge is -2.29. The molecule has 0 spiro atoms. The van der Waals surface area contributed by atoms with E-state index in [1.807, 2.05) is 29.5 Å². The Bertz CT molecular complexity index is 684. The Balaban J connectivity index is 1.47. The van der Waals surface area contributed by atoms with Gasteiger partial charge < -0.3 is 15.1 Å². The molecule has 1 fully saturated rings.